The predicted molar refractivity (Wildman–Crippen MR) is 196 cm³/mol. The summed E-state index contributed by atoms with van der Waals surface area (Å²) in [6, 6.07) is 5.37. The summed E-state index contributed by atoms with van der Waals surface area (Å²) in [4.78, 5) is 32.3. The summed E-state index contributed by atoms with van der Waals surface area (Å²) in [7, 11) is 5.37. The SMILES string of the molecule is COc1cc([N+](=O)[O-])c(OC)cc1-c1nc2sc(Cl)cn2c1/C=N\NC(=N)N/N=C\c1c(-c2cc(OC)c([N+](=O)[O-])cc2OC)nc2sc(Cl)cn12. The molecule has 0 unspecified atom stereocenters. The molecule has 52 heavy (non-hydrogen) atoms. The fourth-order valence-corrected chi connectivity index (χ4v) is 7.12. The Morgan fingerprint density at radius 3 is 1.48 bits per heavy atom. The number of rotatable bonds is 12. The molecule has 3 N–H and O–H groups in total. The number of ether oxygens (including phenoxy) is 4. The third-order valence-corrected chi connectivity index (χ3v) is 9.50. The first kappa shape index (κ1) is 35.8. The van der Waals surface area contributed by atoms with E-state index in [1.807, 2.05) is 0 Å². The number of aromatic nitrogens is 4. The summed E-state index contributed by atoms with van der Waals surface area (Å²) in [5.74, 6) is -0.0152. The number of thiazole rings is 2. The van der Waals surface area contributed by atoms with Gasteiger partial charge in [-0.2, -0.15) is 10.2 Å². The molecule has 19 nitrogen and oxygen atoms in total. The molecule has 6 aromatic rings. The molecule has 0 saturated carbocycles. The summed E-state index contributed by atoms with van der Waals surface area (Å²) in [6.45, 7) is 0. The molecular formula is C29H23Cl2N11O8S2. The summed E-state index contributed by atoms with van der Waals surface area (Å²) in [6.07, 6.45) is 6.01. The zero-order chi connectivity index (χ0) is 37.3. The first-order chi connectivity index (χ1) is 25.0. The van der Waals surface area contributed by atoms with Crippen molar-refractivity contribution in [2.24, 2.45) is 10.2 Å². The van der Waals surface area contributed by atoms with Gasteiger partial charge in [0.05, 0.1) is 74.2 Å². The molecule has 0 aliphatic heterocycles. The second-order valence-electron chi connectivity index (χ2n) is 10.1. The molecule has 0 amide bonds. The molecule has 0 saturated heterocycles. The monoisotopic (exact) mass is 787 g/mol. The average molecular weight is 789 g/mol. The number of hydrogen-bond acceptors (Lipinski definition) is 15. The van der Waals surface area contributed by atoms with Crippen LogP contribution in [0.1, 0.15) is 11.4 Å². The number of nitrogens with zero attached hydrogens (tertiary/aromatic N) is 8. The maximum Gasteiger partial charge on any atom is 0.314 e. The highest BCUT2D eigenvalue weighted by Crippen LogP contribution is 2.43. The fraction of sp³-hybridized carbons (Fsp3) is 0.138. The molecule has 0 aliphatic rings. The topological polar surface area (TPSA) is 230 Å². The normalized spacial score (nSPS) is 11.5. The van der Waals surface area contributed by atoms with E-state index in [1.54, 1.807) is 21.2 Å². The average Bonchev–Trinajstić information content (AvgIpc) is 3.86. The van der Waals surface area contributed by atoms with Crippen molar-refractivity contribution in [1.29, 1.82) is 5.41 Å². The maximum absolute atomic E-state index is 11.6. The van der Waals surface area contributed by atoms with Gasteiger partial charge in [-0.1, -0.05) is 45.9 Å². The van der Waals surface area contributed by atoms with E-state index in [4.69, 9.17) is 47.6 Å². The Balaban J connectivity index is 1.28. The van der Waals surface area contributed by atoms with Crippen molar-refractivity contribution in [3.05, 3.63) is 76.9 Å². The van der Waals surface area contributed by atoms with Crippen molar-refractivity contribution in [2.45, 2.75) is 0 Å². The van der Waals surface area contributed by atoms with Gasteiger partial charge in [0.25, 0.3) is 0 Å². The van der Waals surface area contributed by atoms with Crippen LogP contribution in [0.5, 0.6) is 23.0 Å². The van der Waals surface area contributed by atoms with E-state index in [1.165, 1.54) is 87.8 Å². The van der Waals surface area contributed by atoms with Crippen molar-refractivity contribution in [3.63, 3.8) is 0 Å². The largest absolute Gasteiger partial charge is 0.496 e. The van der Waals surface area contributed by atoms with Gasteiger partial charge in [0.1, 0.15) is 31.6 Å². The predicted octanol–water partition coefficient (Wildman–Crippen LogP) is 6.08. The van der Waals surface area contributed by atoms with Crippen molar-refractivity contribution in [1.82, 2.24) is 29.6 Å². The molecular weight excluding hydrogens is 765 g/mol. The zero-order valence-corrected chi connectivity index (χ0v) is 30.2. The molecule has 4 heterocycles. The highest BCUT2D eigenvalue weighted by atomic mass is 35.5. The summed E-state index contributed by atoms with van der Waals surface area (Å²) in [5, 5.41) is 39.9. The minimum Gasteiger partial charge on any atom is -0.496 e. The third-order valence-electron chi connectivity index (χ3n) is 7.30. The molecule has 0 atom stereocenters. The lowest BCUT2D eigenvalue weighted by molar-refractivity contribution is -0.385. The van der Waals surface area contributed by atoms with Crippen LogP contribution in [0.15, 0.2) is 46.9 Å². The van der Waals surface area contributed by atoms with Crippen LogP contribution in [0.2, 0.25) is 8.67 Å². The number of nitro benzene ring substituents is 2. The van der Waals surface area contributed by atoms with Gasteiger partial charge >= 0.3 is 11.4 Å². The lowest BCUT2D eigenvalue weighted by Crippen LogP contribution is -2.29. The molecule has 6 rings (SSSR count). The van der Waals surface area contributed by atoms with Crippen molar-refractivity contribution < 1.29 is 28.8 Å². The van der Waals surface area contributed by atoms with Crippen LogP contribution in [0.3, 0.4) is 0 Å². The summed E-state index contributed by atoms with van der Waals surface area (Å²) >= 11 is 14.9. The number of nitrogens with one attached hydrogen (secondary N) is 3. The van der Waals surface area contributed by atoms with Crippen LogP contribution < -0.4 is 29.8 Å². The first-order valence-corrected chi connectivity index (χ1v) is 16.7. The standard InChI is InChI=1S/C29H23Cl2N11O8S2/c1-47-19-7-15(41(43)44)21(49-3)5-13(19)25-17(39-11-23(30)51-28(39)35-25)9-33-37-27(32)38-34-10-18-26(36-29-40(18)12-24(31)52-29)14-6-22(50-4)16(42(45)46)8-20(14)48-2/h5-12H,1-4H3,(H3,32,37,38)/b33-9-,34-10-. The first-order valence-electron chi connectivity index (χ1n) is 14.3. The number of fused-ring (bicyclic) bond motifs is 2. The Hall–Kier alpha value is -6.03. The Morgan fingerprint density at radius 2 is 1.13 bits per heavy atom. The number of hydrogen-bond donors (Lipinski definition) is 3. The van der Waals surface area contributed by atoms with Gasteiger partial charge in [0.15, 0.2) is 21.4 Å². The highest BCUT2D eigenvalue weighted by Gasteiger charge is 2.26. The number of guanidine groups is 1. The Kier molecular flexibility index (Phi) is 10.1. The quantitative estimate of drug-likeness (QED) is 0.0555. The molecule has 268 valence electrons. The van der Waals surface area contributed by atoms with Gasteiger partial charge in [-0.05, 0) is 0 Å². The maximum atomic E-state index is 11.6. The number of methoxy groups -OCH3 is 4. The van der Waals surface area contributed by atoms with Gasteiger partial charge in [-0.25, -0.2) is 20.8 Å². The lowest BCUT2D eigenvalue weighted by Gasteiger charge is -2.10. The number of halogens is 2. The second kappa shape index (κ2) is 14.7. The second-order valence-corrected chi connectivity index (χ2v) is 13.4. The van der Waals surface area contributed by atoms with Gasteiger partial charge in [-0.3, -0.25) is 34.4 Å². The van der Waals surface area contributed by atoms with Crippen LogP contribution in [0.25, 0.3) is 32.4 Å². The van der Waals surface area contributed by atoms with Crippen molar-refractivity contribution in [3.8, 4) is 45.5 Å². The van der Waals surface area contributed by atoms with Crippen LogP contribution in [-0.2, 0) is 0 Å². The fourth-order valence-electron chi connectivity index (χ4n) is 5.07. The van der Waals surface area contributed by atoms with E-state index in [-0.39, 0.29) is 40.3 Å². The third kappa shape index (κ3) is 6.71. The Labute approximate surface area is 309 Å². The molecule has 4 aromatic heterocycles. The molecule has 23 heteroatoms. The van der Waals surface area contributed by atoms with Crippen LogP contribution in [0, 0.1) is 25.6 Å². The highest BCUT2D eigenvalue weighted by molar-refractivity contribution is 7.21. The van der Waals surface area contributed by atoms with E-state index in [0.29, 0.717) is 52.5 Å². The minimum absolute atomic E-state index is 0.00505. The van der Waals surface area contributed by atoms with Crippen molar-refractivity contribution in [2.75, 3.05) is 28.4 Å². The molecule has 0 fully saturated rings. The molecule has 0 aliphatic carbocycles. The smallest absolute Gasteiger partial charge is 0.314 e. The van der Waals surface area contributed by atoms with Gasteiger partial charge in [0.2, 0.25) is 5.96 Å². The lowest BCUT2D eigenvalue weighted by atomic mass is 10.1. The zero-order valence-electron chi connectivity index (χ0n) is 27.0. The molecule has 0 spiro atoms. The molecule has 0 bridgehead atoms. The number of imidazole rings is 2. The van der Waals surface area contributed by atoms with E-state index in [2.05, 4.69) is 31.0 Å². The van der Waals surface area contributed by atoms with Gasteiger partial charge < -0.3 is 18.9 Å². The Morgan fingerprint density at radius 1 is 0.750 bits per heavy atom. The number of hydrazone groups is 2. The van der Waals surface area contributed by atoms with Crippen LogP contribution in [-0.4, -0.2) is 75.4 Å². The van der Waals surface area contributed by atoms with E-state index < -0.39 is 9.85 Å². The minimum atomic E-state index is -0.584. The Bertz CT molecular complexity index is 2290. The van der Waals surface area contributed by atoms with Gasteiger partial charge in [-0.15, -0.1) is 0 Å². The molecule has 0 radical (unpaired) electrons. The number of benzene rings is 2. The number of nitro groups is 2. The molecule has 2 aromatic carbocycles. The van der Waals surface area contributed by atoms with E-state index in [9.17, 15) is 20.2 Å². The van der Waals surface area contributed by atoms with Crippen LogP contribution >= 0.6 is 45.9 Å². The van der Waals surface area contributed by atoms with E-state index in [0.717, 1.165) is 0 Å². The summed E-state index contributed by atoms with van der Waals surface area (Å²) in [5.41, 5.74) is 6.77. The van der Waals surface area contributed by atoms with Crippen LogP contribution in [0.4, 0.5) is 11.4 Å². The van der Waals surface area contributed by atoms with E-state index >= 15 is 0 Å². The van der Waals surface area contributed by atoms with Crippen molar-refractivity contribution >= 4 is 85.6 Å². The van der Waals surface area contributed by atoms with Gasteiger partial charge in [0, 0.05) is 35.7 Å². The summed E-state index contributed by atoms with van der Waals surface area (Å²) < 4.78 is 25.6.